The third kappa shape index (κ3) is 4.44. The number of carbonyl (C=O) groups is 1. The van der Waals surface area contributed by atoms with Gasteiger partial charge in [-0.05, 0) is 43.0 Å². The van der Waals surface area contributed by atoms with E-state index in [1.807, 2.05) is 17.0 Å². The molecule has 1 aliphatic carbocycles. The zero-order chi connectivity index (χ0) is 22.1. The third-order valence-electron chi connectivity index (χ3n) is 5.99. The van der Waals surface area contributed by atoms with Gasteiger partial charge in [0.1, 0.15) is 10.6 Å². The van der Waals surface area contributed by atoms with Crippen LogP contribution in [-0.4, -0.2) is 66.8 Å². The summed E-state index contributed by atoms with van der Waals surface area (Å²) >= 11 is 0. The number of amides is 1. The van der Waals surface area contributed by atoms with Crippen molar-refractivity contribution in [2.45, 2.75) is 17.7 Å². The molecule has 2 aliphatic rings. The van der Waals surface area contributed by atoms with E-state index in [0.717, 1.165) is 30.9 Å². The van der Waals surface area contributed by atoms with Crippen LogP contribution < -0.4 is 4.72 Å². The number of rotatable bonds is 6. The molecule has 9 heteroatoms. The highest BCUT2D eigenvalue weighted by atomic mass is 32.2. The van der Waals surface area contributed by atoms with E-state index in [4.69, 9.17) is 0 Å². The predicted octanol–water partition coefficient (Wildman–Crippen LogP) is 2.60. The lowest BCUT2D eigenvalue weighted by atomic mass is 10.2. The highest BCUT2D eigenvalue weighted by Crippen LogP contribution is 2.30. The molecule has 2 fully saturated rings. The minimum atomic E-state index is -3.86. The standard InChI is InChI=1S/C23H25N5O3S/c29-23(28-13-11-27(12-14-28)16-17-6-7-17)20-9-8-19(15-25-20)26-32(30,31)21-5-1-3-18-4-2-10-24-22(18)21/h1-5,8-10,15,17,26H,6-7,11-14,16H2. The first-order valence-corrected chi connectivity index (χ1v) is 12.3. The maximum atomic E-state index is 12.9. The predicted molar refractivity (Wildman–Crippen MR) is 122 cm³/mol. The minimum Gasteiger partial charge on any atom is -0.335 e. The number of carbonyl (C=O) groups excluding carboxylic acids is 1. The molecule has 1 aliphatic heterocycles. The van der Waals surface area contributed by atoms with E-state index in [0.29, 0.717) is 30.0 Å². The summed E-state index contributed by atoms with van der Waals surface area (Å²) < 4.78 is 28.4. The Bertz CT molecular complexity index is 1230. The van der Waals surface area contributed by atoms with Crippen molar-refractivity contribution in [3.8, 4) is 0 Å². The number of nitrogens with one attached hydrogen (secondary N) is 1. The lowest BCUT2D eigenvalue weighted by molar-refractivity contribution is 0.0626. The quantitative estimate of drug-likeness (QED) is 0.619. The highest BCUT2D eigenvalue weighted by Gasteiger charge is 2.28. The van der Waals surface area contributed by atoms with Crippen LogP contribution in [0.5, 0.6) is 0 Å². The minimum absolute atomic E-state index is 0.0971. The molecule has 2 aromatic heterocycles. The van der Waals surface area contributed by atoms with E-state index in [1.165, 1.54) is 25.1 Å². The Morgan fingerprint density at radius 1 is 1.00 bits per heavy atom. The first-order valence-electron chi connectivity index (χ1n) is 10.8. The van der Waals surface area contributed by atoms with Crippen LogP contribution in [0, 0.1) is 5.92 Å². The molecule has 3 heterocycles. The van der Waals surface area contributed by atoms with Gasteiger partial charge in [0.2, 0.25) is 0 Å². The molecule has 0 atom stereocenters. The van der Waals surface area contributed by atoms with Gasteiger partial charge in [0.25, 0.3) is 15.9 Å². The van der Waals surface area contributed by atoms with Gasteiger partial charge in [0.15, 0.2) is 0 Å². The van der Waals surface area contributed by atoms with Crippen molar-refractivity contribution in [3.63, 3.8) is 0 Å². The molecule has 32 heavy (non-hydrogen) atoms. The number of anilines is 1. The van der Waals surface area contributed by atoms with Crippen LogP contribution in [0.15, 0.2) is 59.8 Å². The summed E-state index contributed by atoms with van der Waals surface area (Å²) in [6.45, 7) is 4.30. The van der Waals surface area contributed by atoms with Crippen LogP contribution in [0.3, 0.4) is 0 Å². The molecule has 1 N–H and O–H groups in total. The molecule has 0 radical (unpaired) electrons. The summed E-state index contributed by atoms with van der Waals surface area (Å²) in [5.74, 6) is 0.726. The lowest BCUT2D eigenvalue weighted by Gasteiger charge is -2.34. The third-order valence-corrected chi connectivity index (χ3v) is 7.41. The number of fused-ring (bicyclic) bond motifs is 1. The summed E-state index contributed by atoms with van der Waals surface area (Å²) in [7, 11) is -3.86. The van der Waals surface area contributed by atoms with Gasteiger partial charge in [-0.25, -0.2) is 13.4 Å². The van der Waals surface area contributed by atoms with Crippen molar-refractivity contribution in [2.75, 3.05) is 37.4 Å². The van der Waals surface area contributed by atoms with Gasteiger partial charge in [0, 0.05) is 44.3 Å². The summed E-state index contributed by atoms with van der Waals surface area (Å²) in [4.78, 5) is 25.6. The lowest BCUT2D eigenvalue weighted by Crippen LogP contribution is -2.49. The van der Waals surface area contributed by atoms with Crippen molar-refractivity contribution >= 4 is 32.5 Å². The fourth-order valence-corrected chi connectivity index (χ4v) is 5.27. The summed E-state index contributed by atoms with van der Waals surface area (Å²) in [6.07, 6.45) is 5.61. The Kier molecular flexibility index (Phi) is 5.52. The summed E-state index contributed by atoms with van der Waals surface area (Å²) in [5, 5.41) is 0.742. The number of para-hydroxylation sites is 1. The Morgan fingerprint density at radius 2 is 1.78 bits per heavy atom. The number of hydrogen-bond acceptors (Lipinski definition) is 6. The van der Waals surface area contributed by atoms with E-state index in [-0.39, 0.29) is 10.8 Å². The molecule has 0 spiro atoms. The Hall–Kier alpha value is -3.04. The molecule has 166 valence electrons. The van der Waals surface area contributed by atoms with Gasteiger partial charge in [0.05, 0.1) is 17.4 Å². The average Bonchev–Trinajstić information content (AvgIpc) is 3.63. The SMILES string of the molecule is O=C(c1ccc(NS(=O)(=O)c2cccc3cccnc23)cn1)N1CCN(CC2CC2)CC1. The second kappa shape index (κ2) is 8.48. The molecule has 8 nitrogen and oxygen atoms in total. The number of aromatic nitrogens is 2. The first kappa shape index (κ1) is 20.8. The molecular formula is C23H25N5O3S. The van der Waals surface area contributed by atoms with E-state index < -0.39 is 10.0 Å². The summed E-state index contributed by atoms with van der Waals surface area (Å²) in [5.41, 5.74) is 1.02. The molecule has 5 rings (SSSR count). The zero-order valence-corrected chi connectivity index (χ0v) is 18.5. The van der Waals surface area contributed by atoms with Crippen LogP contribution in [0.2, 0.25) is 0 Å². The van der Waals surface area contributed by atoms with Gasteiger partial charge >= 0.3 is 0 Å². The number of benzene rings is 1. The van der Waals surface area contributed by atoms with E-state index in [9.17, 15) is 13.2 Å². The van der Waals surface area contributed by atoms with Crippen LogP contribution in [0.1, 0.15) is 23.3 Å². The molecule has 0 bridgehead atoms. The first-order chi connectivity index (χ1) is 15.5. The van der Waals surface area contributed by atoms with Gasteiger partial charge in [-0.15, -0.1) is 0 Å². The largest absolute Gasteiger partial charge is 0.335 e. The van der Waals surface area contributed by atoms with Crippen LogP contribution >= 0.6 is 0 Å². The van der Waals surface area contributed by atoms with Crippen LogP contribution in [0.25, 0.3) is 10.9 Å². The second-order valence-corrected chi connectivity index (χ2v) is 10.1. The molecule has 1 amide bonds. The van der Waals surface area contributed by atoms with E-state index in [1.54, 1.807) is 30.5 Å². The van der Waals surface area contributed by atoms with Crippen LogP contribution in [-0.2, 0) is 10.0 Å². The topological polar surface area (TPSA) is 95.5 Å². The van der Waals surface area contributed by atoms with E-state index in [2.05, 4.69) is 19.6 Å². The maximum absolute atomic E-state index is 12.9. The van der Waals surface area contributed by atoms with Crippen LogP contribution in [0.4, 0.5) is 5.69 Å². The molecular weight excluding hydrogens is 426 g/mol. The normalized spacial score (nSPS) is 17.4. The number of nitrogens with zero attached hydrogens (tertiary/aromatic N) is 4. The molecule has 1 saturated carbocycles. The van der Waals surface area contributed by atoms with Crippen molar-refractivity contribution in [3.05, 3.63) is 60.6 Å². The number of hydrogen-bond donors (Lipinski definition) is 1. The van der Waals surface area contributed by atoms with Crippen molar-refractivity contribution < 1.29 is 13.2 Å². The average molecular weight is 452 g/mol. The number of sulfonamides is 1. The second-order valence-electron chi connectivity index (χ2n) is 8.41. The van der Waals surface area contributed by atoms with Gasteiger partial charge in [-0.1, -0.05) is 18.2 Å². The molecule has 3 aromatic rings. The fourth-order valence-electron chi connectivity index (χ4n) is 4.05. The molecule has 1 aromatic carbocycles. The van der Waals surface area contributed by atoms with E-state index >= 15 is 0 Å². The number of piperazine rings is 1. The maximum Gasteiger partial charge on any atom is 0.272 e. The van der Waals surface area contributed by atoms with Gasteiger partial charge in [-0.2, -0.15) is 0 Å². The Labute approximate surface area is 187 Å². The monoisotopic (exact) mass is 451 g/mol. The highest BCUT2D eigenvalue weighted by molar-refractivity contribution is 7.93. The van der Waals surface area contributed by atoms with Gasteiger partial charge in [-0.3, -0.25) is 19.4 Å². The number of pyridine rings is 2. The zero-order valence-electron chi connectivity index (χ0n) is 17.6. The summed E-state index contributed by atoms with van der Waals surface area (Å²) in [6, 6.07) is 11.7. The molecule has 0 unspecified atom stereocenters. The van der Waals surface area contributed by atoms with Crippen molar-refractivity contribution in [1.82, 2.24) is 19.8 Å². The fraction of sp³-hybridized carbons (Fsp3) is 0.348. The smallest absolute Gasteiger partial charge is 0.272 e. The Morgan fingerprint density at radius 3 is 2.50 bits per heavy atom. The van der Waals surface area contributed by atoms with Crippen molar-refractivity contribution in [2.24, 2.45) is 5.92 Å². The Balaban J connectivity index is 1.26. The van der Waals surface area contributed by atoms with Crippen molar-refractivity contribution in [1.29, 1.82) is 0 Å². The van der Waals surface area contributed by atoms with Gasteiger partial charge < -0.3 is 4.90 Å². The molecule has 1 saturated heterocycles.